The van der Waals surface area contributed by atoms with E-state index in [1.807, 2.05) is 0 Å². The summed E-state index contributed by atoms with van der Waals surface area (Å²) in [5.74, 6) is -3.09. The number of halogens is 1. The van der Waals surface area contributed by atoms with E-state index in [1.165, 1.54) is 17.1 Å². The van der Waals surface area contributed by atoms with Gasteiger partial charge in [0.1, 0.15) is 18.8 Å². The zero-order chi connectivity index (χ0) is 27.4. The van der Waals surface area contributed by atoms with Crippen molar-refractivity contribution in [2.75, 3.05) is 6.54 Å². The summed E-state index contributed by atoms with van der Waals surface area (Å²) in [6, 6.07) is 5.70. The van der Waals surface area contributed by atoms with Crippen LogP contribution < -0.4 is 11.1 Å². The van der Waals surface area contributed by atoms with Gasteiger partial charge in [0.05, 0.1) is 24.5 Å². The highest BCUT2D eigenvalue weighted by Gasteiger charge is 2.40. The highest BCUT2D eigenvalue weighted by Crippen LogP contribution is 2.27. The van der Waals surface area contributed by atoms with E-state index in [4.69, 9.17) is 5.73 Å². The third kappa shape index (κ3) is 5.23. The third-order valence-corrected chi connectivity index (χ3v) is 5.92. The lowest BCUT2D eigenvalue weighted by Gasteiger charge is -2.23. The van der Waals surface area contributed by atoms with Gasteiger partial charge in [-0.1, -0.05) is 6.07 Å². The number of primary amides is 1. The second-order valence-electron chi connectivity index (χ2n) is 8.34. The van der Waals surface area contributed by atoms with Gasteiger partial charge in [-0.25, -0.2) is 14.4 Å². The number of amides is 3. The highest BCUT2D eigenvalue weighted by atomic mass is 19.1. The molecule has 13 nitrogen and oxygen atoms in total. The molecule has 1 aliphatic heterocycles. The minimum Gasteiger partial charge on any atom is -0.491 e. The van der Waals surface area contributed by atoms with Crippen LogP contribution in [0, 0.1) is 0 Å². The fraction of sp³-hybridized carbons (Fsp3) is 0.250. The van der Waals surface area contributed by atoms with Crippen molar-refractivity contribution in [3.63, 3.8) is 0 Å². The minimum atomic E-state index is -1.45. The van der Waals surface area contributed by atoms with Crippen LogP contribution in [0.3, 0.4) is 0 Å². The maximum atomic E-state index is 14.4. The van der Waals surface area contributed by atoms with Crippen molar-refractivity contribution >= 4 is 41.6 Å². The molecule has 2 aromatic heterocycles. The van der Waals surface area contributed by atoms with Gasteiger partial charge in [0.2, 0.25) is 11.8 Å². The lowest BCUT2D eigenvalue weighted by Crippen LogP contribution is -2.46. The van der Waals surface area contributed by atoms with Crippen molar-refractivity contribution in [1.82, 2.24) is 30.2 Å². The Bertz CT molecular complexity index is 1470. The summed E-state index contributed by atoms with van der Waals surface area (Å²) in [6.45, 7) is 4.11. The van der Waals surface area contributed by atoms with Gasteiger partial charge in [-0.2, -0.15) is 15.3 Å². The Labute approximate surface area is 215 Å². The Kier molecular flexibility index (Phi) is 7.50. The van der Waals surface area contributed by atoms with Crippen molar-refractivity contribution in [3.05, 3.63) is 54.1 Å². The van der Waals surface area contributed by atoms with Gasteiger partial charge in [0, 0.05) is 23.6 Å². The second kappa shape index (κ2) is 10.9. The molecule has 4 N–H and O–H groups in total. The van der Waals surface area contributed by atoms with Gasteiger partial charge in [-0.05, 0) is 37.4 Å². The number of likely N-dealkylation sites (tertiary alicyclic amines) is 1. The predicted molar refractivity (Wildman–Crippen MR) is 136 cm³/mol. The fourth-order valence-corrected chi connectivity index (χ4v) is 4.20. The lowest BCUT2D eigenvalue weighted by molar-refractivity contribution is -0.138. The first-order valence-corrected chi connectivity index (χ1v) is 11.4. The van der Waals surface area contributed by atoms with Crippen molar-refractivity contribution in [2.24, 2.45) is 15.7 Å². The molecule has 0 spiro atoms. The van der Waals surface area contributed by atoms with Gasteiger partial charge >= 0.3 is 0 Å². The molecule has 4 rings (SSSR count). The van der Waals surface area contributed by atoms with E-state index in [2.05, 4.69) is 37.3 Å². The maximum Gasteiger partial charge on any atom is 0.269 e. The van der Waals surface area contributed by atoms with Gasteiger partial charge in [-0.3, -0.25) is 19.1 Å². The van der Waals surface area contributed by atoms with E-state index >= 15 is 0 Å². The van der Waals surface area contributed by atoms with Crippen LogP contribution in [0.1, 0.15) is 23.8 Å². The van der Waals surface area contributed by atoms with Gasteiger partial charge in [0.15, 0.2) is 11.5 Å². The monoisotopic (exact) mass is 521 g/mol. The molecule has 2 unspecified atom stereocenters. The molecule has 1 aliphatic rings. The number of carbonyl (C=O) groups excluding carboxylic acids is 3. The largest absolute Gasteiger partial charge is 0.491 e. The van der Waals surface area contributed by atoms with Gasteiger partial charge in [-0.15, -0.1) is 0 Å². The number of hydrogen-bond donors (Lipinski definition) is 3. The summed E-state index contributed by atoms with van der Waals surface area (Å²) in [4.78, 5) is 46.5. The molecule has 38 heavy (non-hydrogen) atoms. The van der Waals surface area contributed by atoms with Crippen LogP contribution in [0.5, 0.6) is 0 Å². The standard InChI is InChI=1S/C24H24FN9O4/c1-3-28-24(38)22(27-2)31-23(37)18-9-15(25)11-33(18)19(35)12-34-17-5-4-13(14-6-7-29-30-10-14)8-16(17)20(32-34)21(26)36/h3-8,10,15,18,38H,2,9,11-12H2,1H3,(H2,26,36)(H,31,37)/b24-22-,28-3-. The first kappa shape index (κ1) is 26.1. The van der Waals surface area contributed by atoms with E-state index in [1.54, 1.807) is 37.4 Å². The number of alkyl halides is 1. The number of aromatic nitrogens is 4. The molecule has 3 heterocycles. The summed E-state index contributed by atoms with van der Waals surface area (Å²) in [7, 11) is 0. The average Bonchev–Trinajstić information content (AvgIpc) is 3.48. The van der Waals surface area contributed by atoms with E-state index in [0.717, 1.165) is 16.0 Å². The van der Waals surface area contributed by atoms with Gasteiger partial charge < -0.3 is 21.1 Å². The number of nitrogens with zero attached hydrogens (tertiary/aromatic N) is 7. The first-order chi connectivity index (χ1) is 18.2. The topological polar surface area (TPSA) is 181 Å². The third-order valence-electron chi connectivity index (χ3n) is 5.92. The van der Waals surface area contributed by atoms with Crippen molar-refractivity contribution in [1.29, 1.82) is 0 Å². The number of hydrogen-bond acceptors (Lipinski definition) is 9. The summed E-state index contributed by atoms with van der Waals surface area (Å²) < 4.78 is 15.6. The number of aliphatic imine (C=N–C) groups is 2. The van der Waals surface area contributed by atoms with E-state index in [-0.39, 0.29) is 31.0 Å². The van der Waals surface area contributed by atoms with E-state index in [0.29, 0.717) is 10.9 Å². The van der Waals surface area contributed by atoms with Crippen molar-refractivity contribution in [3.8, 4) is 11.1 Å². The molecule has 0 aliphatic carbocycles. The van der Waals surface area contributed by atoms with Crippen molar-refractivity contribution < 1.29 is 23.9 Å². The lowest BCUT2D eigenvalue weighted by atomic mass is 10.0. The molecule has 3 aromatic rings. The number of aliphatic hydroxyl groups excluding tert-OH is 1. The molecule has 0 radical (unpaired) electrons. The zero-order valence-electron chi connectivity index (χ0n) is 20.3. The number of fused-ring (bicyclic) bond motifs is 1. The molecule has 0 saturated carbocycles. The van der Waals surface area contributed by atoms with Crippen LogP contribution in [0.2, 0.25) is 0 Å². The highest BCUT2D eigenvalue weighted by molar-refractivity contribution is 6.05. The number of benzene rings is 1. The molecule has 3 amide bonds. The van der Waals surface area contributed by atoms with E-state index < -0.39 is 35.8 Å². The Morgan fingerprint density at radius 1 is 1.29 bits per heavy atom. The van der Waals surface area contributed by atoms with Crippen LogP contribution >= 0.6 is 0 Å². The van der Waals surface area contributed by atoms with Crippen LogP contribution in [0.4, 0.5) is 4.39 Å². The smallest absolute Gasteiger partial charge is 0.269 e. The van der Waals surface area contributed by atoms with Crippen LogP contribution in [-0.2, 0) is 16.1 Å². The zero-order valence-corrected chi connectivity index (χ0v) is 20.3. The normalized spacial score (nSPS) is 18.0. The number of nitrogens with two attached hydrogens (primary N) is 1. The first-order valence-electron chi connectivity index (χ1n) is 11.4. The molecule has 14 heteroatoms. The van der Waals surface area contributed by atoms with Gasteiger partial charge in [0.25, 0.3) is 11.8 Å². The van der Waals surface area contributed by atoms with E-state index in [9.17, 15) is 23.9 Å². The molecule has 2 atom stereocenters. The summed E-state index contributed by atoms with van der Waals surface area (Å²) in [5.41, 5.74) is 7.41. The molecular weight excluding hydrogens is 497 g/mol. The molecule has 0 bridgehead atoms. The summed E-state index contributed by atoms with van der Waals surface area (Å²) in [5, 5.41) is 24.4. The maximum absolute atomic E-state index is 14.4. The molecule has 1 fully saturated rings. The Morgan fingerprint density at radius 3 is 2.74 bits per heavy atom. The van der Waals surface area contributed by atoms with Crippen LogP contribution in [0.25, 0.3) is 22.0 Å². The SMILES string of the molecule is C=N/C(NC(=O)C1CC(F)CN1C(=O)Cn1nc(C(N)=O)c2cc(-c3ccnnc3)ccc21)=C(O)\N=C/C. The predicted octanol–water partition coefficient (Wildman–Crippen LogP) is 1.12. The molecular formula is C24H24FN9O4. The number of nitrogens with one attached hydrogen (secondary N) is 1. The second-order valence-corrected chi connectivity index (χ2v) is 8.34. The Balaban J connectivity index is 1.61. The molecule has 1 saturated heterocycles. The Hall–Kier alpha value is -5.01. The van der Waals surface area contributed by atoms with Crippen LogP contribution in [0.15, 0.2) is 58.3 Å². The summed E-state index contributed by atoms with van der Waals surface area (Å²) in [6.07, 6.45) is 2.66. The van der Waals surface area contributed by atoms with Crippen LogP contribution in [-0.4, -0.2) is 79.4 Å². The number of rotatable bonds is 8. The number of carbonyl (C=O) groups is 3. The molecule has 1 aromatic carbocycles. The average molecular weight is 522 g/mol. The fourth-order valence-electron chi connectivity index (χ4n) is 4.20. The summed E-state index contributed by atoms with van der Waals surface area (Å²) >= 11 is 0. The van der Waals surface area contributed by atoms with Crippen molar-refractivity contribution in [2.45, 2.75) is 32.1 Å². The Morgan fingerprint density at radius 2 is 2.08 bits per heavy atom. The minimum absolute atomic E-state index is 0.0467. The quantitative estimate of drug-likeness (QED) is 0.293. The molecule has 196 valence electrons. The number of aliphatic hydroxyl groups is 1.